The van der Waals surface area contributed by atoms with E-state index in [0.29, 0.717) is 31.0 Å². The van der Waals surface area contributed by atoms with Crippen molar-refractivity contribution in [3.05, 3.63) is 72.3 Å². The lowest BCUT2D eigenvalue weighted by atomic mass is 10.2. The normalized spacial score (nSPS) is 16.2. The number of hydrogen-bond donors (Lipinski definition) is 1. The molecule has 0 radical (unpaired) electrons. The summed E-state index contributed by atoms with van der Waals surface area (Å²) in [5.41, 5.74) is 9.05. The Hall–Kier alpha value is -3.85. The second-order valence-corrected chi connectivity index (χ2v) is 7.96. The fraction of sp³-hybridized carbons (Fsp3) is 0.217. The van der Waals surface area contributed by atoms with Crippen molar-refractivity contribution >= 4 is 23.2 Å². The Labute approximate surface area is 184 Å². The lowest BCUT2D eigenvalue weighted by Gasteiger charge is -2.18. The van der Waals surface area contributed by atoms with E-state index >= 15 is 0 Å². The molecule has 0 unspecified atom stereocenters. The summed E-state index contributed by atoms with van der Waals surface area (Å²) in [4.78, 5) is 24.5. The van der Waals surface area contributed by atoms with Crippen LogP contribution in [0.1, 0.15) is 12.0 Å². The smallest absolute Gasteiger partial charge is 0.229 e. The average Bonchev–Trinajstić information content (AvgIpc) is 3.35. The summed E-state index contributed by atoms with van der Waals surface area (Å²) in [6.45, 7) is 0.992. The van der Waals surface area contributed by atoms with Crippen LogP contribution in [-0.2, 0) is 11.3 Å². The Morgan fingerprint density at radius 3 is 2.75 bits per heavy atom. The number of benzene rings is 1. The molecular weight excluding hydrogens is 409 g/mol. The maximum absolute atomic E-state index is 13.5. The molecule has 1 amide bonds. The molecule has 32 heavy (non-hydrogen) atoms. The van der Waals surface area contributed by atoms with Crippen LogP contribution in [0.4, 0.5) is 16.0 Å². The summed E-state index contributed by atoms with van der Waals surface area (Å²) in [6, 6.07) is 13.8. The maximum atomic E-state index is 13.5. The molecule has 1 atom stereocenters. The van der Waals surface area contributed by atoms with Gasteiger partial charge in [0.15, 0.2) is 5.65 Å². The molecule has 3 aromatic heterocycles. The zero-order valence-electron chi connectivity index (χ0n) is 17.5. The van der Waals surface area contributed by atoms with E-state index in [1.807, 2.05) is 42.3 Å². The standard InChI is InChI=1S/C23H22FN7O/c1-29(13-15-3-2-4-17(24)9-15)22-8-7-21-27-12-19(31(21)28-22)16-5-6-20(26-11-16)30-14-18(25)10-23(30)32/h2-9,11-12,18H,10,13-14,25H2,1H3/t18-/m0/s1. The third kappa shape index (κ3) is 3.78. The summed E-state index contributed by atoms with van der Waals surface area (Å²) < 4.78 is 15.3. The van der Waals surface area contributed by atoms with Crippen molar-refractivity contribution in [2.24, 2.45) is 5.73 Å². The van der Waals surface area contributed by atoms with Crippen molar-refractivity contribution in [2.75, 3.05) is 23.4 Å². The first kappa shape index (κ1) is 20.1. The Morgan fingerprint density at radius 1 is 1.16 bits per heavy atom. The van der Waals surface area contributed by atoms with Crippen LogP contribution in [0, 0.1) is 5.82 Å². The number of nitrogens with zero attached hydrogens (tertiary/aromatic N) is 6. The molecule has 5 rings (SSSR count). The van der Waals surface area contributed by atoms with Crippen LogP contribution in [0.15, 0.2) is 60.9 Å². The van der Waals surface area contributed by atoms with Crippen molar-refractivity contribution in [1.82, 2.24) is 19.6 Å². The molecule has 0 spiro atoms. The molecule has 4 heterocycles. The molecule has 1 aliphatic heterocycles. The zero-order chi connectivity index (χ0) is 22.2. The number of nitrogens with two attached hydrogens (primary N) is 1. The van der Waals surface area contributed by atoms with E-state index in [1.54, 1.807) is 27.9 Å². The van der Waals surface area contributed by atoms with Gasteiger partial charge in [0.1, 0.15) is 17.5 Å². The van der Waals surface area contributed by atoms with Gasteiger partial charge in [-0.1, -0.05) is 12.1 Å². The average molecular weight is 431 g/mol. The number of rotatable bonds is 5. The molecule has 8 nitrogen and oxygen atoms in total. The first-order valence-electron chi connectivity index (χ1n) is 10.3. The summed E-state index contributed by atoms with van der Waals surface area (Å²) >= 11 is 0. The maximum Gasteiger partial charge on any atom is 0.229 e. The molecule has 162 valence electrons. The largest absolute Gasteiger partial charge is 0.354 e. The highest BCUT2D eigenvalue weighted by Gasteiger charge is 2.28. The minimum atomic E-state index is -0.259. The Balaban J connectivity index is 1.42. The first-order valence-corrected chi connectivity index (χ1v) is 10.3. The van der Waals surface area contributed by atoms with E-state index in [4.69, 9.17) is 10.8 Å². The van der Waals surface area contributed by atoms with Gasteiger partial charge in [-0.3, -0.25) is 9.69 Å². The number of hydrogen-bond acceptors (Lipinski definition) is 6. The fourth-order valence-corrected chi connectivity index (χ4v) is 3.91. The molecule has 1 aliphatic rings. The van der Waals surface area contributed by atoms with Crippen molar-refractivity contribution in [2.45, 2.75) is 19.0 Å². The predicted molar refractivity (Wildman–Crippen MR) is 120 cm³/mol. The Morgan fingerprint density at radius 2 is 2.03 bits per heavy atom. The van der Waals surface area contributed by atoms with Crippen LogP contribution >= 0.6 is 0 Å². The van der Waals surface area contributed by atoms with Gasteiger partial charge in [0, 0.05) is 44.4 Å². The van der Waals surface area contributed by atoms with Crippen LogP contribution in [-0.4, -0.2) is 45.1 Å². The summed E-state index contributed by atoms with van der Waals surface area (Å²) in [5.74, 6) is 1.04. The number of halogens is 1. The van der Waals surface area contributed by atoms with E-state index in [0.717, 1.165) is 22.6 Å². The van der Waals surface area contributed by atoms with Crippen LogP contribution in [0.2, 0.25) is 0 Å². The van der Waals surface area contributed by atoms with E-state index < -0.39 is 0 Å². The van der Waals surface area contributed by atoms with Gasteiger partial charge in [-0.15, -0.1) is 5.10 Å². The summed E-state index contributed by atoms with van der Waals surface area (Å²) in [7, 11) is 1.91. The second-order valence-electron chi connectivity index (χ2n) is 7.96. The highest BCUT2D eigenvalue weighted by Crippen LogP contribution is 2.25. The van der Waals surface area contributed by atoms with Crippen LogP contribution in [0.5, 0.6) is 0 Å². The molecule has 1 saturated heterocycles. The topological polar surface area (TPSA) is 92.6 Å². The lowest BCUT2D eigenvalue weighted by molar-refractivity contribution is -0.117. The van der Waals surface area contributed by atoms with Gasteiger partial charge < -0.3 is 10.6 Å². The summed E-state index contributed by atoms with van der Waals surface area (Å²) in [5, 5.41) is 4.73. The molecule has 4 aromatic rings. The summed E-state index contributed by atoms with van der Waals surface area (Å²) in [6.07, 6.45) is 3.79. The van der Waals surface area contributed by atoms with Crippen molar-refractivity contribution in [1.29, 1.82) is 0 Å². The van der Waals surface area contributed by atoms with E-state index in [-0.39, 0.29) is 17.8 Å². The quantitative estimate of drug-likeness (QED) is 0.522. The molecule has 0 saturated carbocycles. The highest BCUT2D eigenvalue weighted by molar-refractivity contribution is 5.95. The predicted octanol–water partition coefficient (Wildman–Crippen LogP) is 2.63. The van der Waals surface area contributed by atoms with Crippen LogP contribution in [0.3, 0.4) is 0 Å². The van der Waals surface area contributed by atoms with E-state index in [1.165, 1.54) is 12.1 Å². The SMILES string of the molecule is CN(Cc1cccc(F)c1)c1ccc2ncc(-c3ccc(N4C[C@@H](N)CC4=O)nc3)n2n1. The number of pyridine rings is 1. The highest BCUT2D eigenvalue weighted by atomic mass is 19.1. The number of carbonyl (C=O) groups excluding carboxylic acids is 1. The van der Waals surface area contributed by atoms with Gasteiger partial charge in [-0.05, 0) is 42.0 Å². The molecule has 0 bridgehead atoms. The van der Waals surface area contributed by atoms with Gasteiger partial charge in [-0.25, -0.2) is 18.9 Å². The minimum Gasteiger partial charge on any atom is -0.354 e. The number of imidazole rings is 1. The van der Waals surface area contributed by atoms with Crippen molar-refractivity contribution < 1.29 is 9.18 Å². The molecule has 0 aliphatic carbocycles. The second kappa shape index (κ2) is 8.01. The monoisotopic (exact) mass is 431 g/mol. The first-order chi connectivity index (χ1) is 15.5. The van der Waals surface area contributed by atoms with Gasteiger partial charge in [0.25, 0.3) is 0 Å². The van der Waals surface area contributed by atoms with Gasteiger partial charge in [0.2, 0.25) is 5.91 Å². The number of carbonyl (C=O) groups is 1. The third-order valence-corrected chi connectivity index (χ3v) is 5.52. The number of aromatic nitrogens is 4. The molecular formula is C23H22FN7O. The minimum absolute atomic E-state index is 0.0137. The lowest BCUT2D eigenvalue weighted by Crippen LogP contribution is -2.28. The molecule has 2 N–H and O–H groups in total. The molecule has 1 aromatic carbocycles. The number of anilines is 2. The van der Waals surface area contributed by atoms with Crippen molar-refractivity contribution in [3.63, 3.8) is 0 Å². The van der Waals surface area contributed by atoms with Crippen molar-refractivity contribution in [3.8, 4) is 11.3 Å². The van der Waals surface area contributed by atoms with E-state index in [9.17, 15) is 9.18 Å². The van der Waals surface area contributed by atoms with Gasteiger partial charge in [0.05, 0.1) is 11.9 Å². The fourth-order valence-electron chi connectivity index (χ4n) is 3.91. The van der Waals surface area contributed by atoms with Gasteiger partial charge in [-0.2, -0.15) is 0 Å². The van der Waals surface area contributed by atoms with E-state index in [2.05, 4.69) is 9.97 Å². The van der Waals surface area contributed by atoms with Gasteiger partial charge >= 0.3 is 0 Å². The van der Waals surface area contributed by atoms with Crippen LogP contribution < -0.4 is 15.5 Å². The zero-order valence-corrected chi connectivity index (χ0v) is 17.5. The third-order valence-electron chi connectivity index (χ3n) is 5.52. The molecule has 9 heteroatoms. The Bertz CT molecular complexity index is 1290. The number of fused-ring (bicyclic) bond motifs is 1. The molecule has 1 fully saturated rings. The Kier molecular flexibility index (Phi) is 5.02. The van der Waals surface area contributed by atoms with Crippen LogP contribution in [0.25, 0.3) is 16.9 Å². The number of amides is 1.